The van der Waals surface area contributed by atoms with Crippen LogP contribution in [-0.4, -0.2) is 48.9 Å². The van der Waals surface area contributed by atoms with Crippen molar-refractivity contribution in [3.8, 4) is 5.75 Å². The van der Waals surface area contributed by atoms with Crippen LogP contribution in [0.4, 0.5) is 25.0 Å². The van der Waals surface area contributed by atoms with Crippen LogP contribution in [0.15, 0.2) is 18.2 Å². The molecule has 1 aliphatic heterocycles. The zero-order chi connectivity index (χ0) is 18.8. The summed E-state index contributed by atoms with van der Waals surface area (Å²) in [4.78, 5) is 15.8. The van der Waals surface area contributed by atoms with Gasteiger partial charge in [0.05, 0.1) is 5.69 Å². The number of carbonyl (C=O) groups is 1. The van der Waals surface area contributed by atoms with E-state index in [1.807, 2.05) is 32.6 Å². The fraction of sp³-hybridized carbons (Fsp3) is 0.588. The molecule has 1 aliphatic rings. The van der Waals surface area contributed by atoms with Crippen LogP contribution in [0.1, 0.15) is 27.7 Å². The van der Waals surface area contributed by atoms with E-state index < -0.39 is 12.2 Å². The van der Waals surface area contributed by atoms with Gasteiger partial charge in [-0.25, -0.2) is 4.79 Å². The second kappa shape index (κ2) is 7.33. The zero-order valence-electron chi connectivity index (χ0n) is 15.0. The van der Waals surface area contributed by atoms with Gasteiger partial charge in [-0.05, 0) is 39.8 Å². The molecule has 0 bridgehead atoms. The number of alkyl halides is 2. The molecule has 1 heterocycles. The molecule has 2 N–H and O–H groups in total. The van der Waals surface area contributed by atoms with Crippen LogP contribution < -0.4 is 15.4 Å². The van der Waals surface area contributed by atoms with Gasteiger partial charge in [0, 0.05) is 37.4 Å². The number of benzene rings is 1. The third kappa shape index (κ3) is 5.11. The lowest BCUT2D eigenvalue weighted by Gasteiger charge is -2.41. The maximum absolute atomic E-state index is 12.7. The summed E-state index contributed by atoms with van der Waals surface area (Å²) in [5.41, 5.74) is 5.98. The standard InChI is InChI=1S/C17H25F2N3O3/c1-11-10-21(7-8-22(11)16(23)25-17(2,3)4)13-6-5-12(20)9-14(13)24-15(18)19/h5-6,9,11,15H,7-8,10,20H2,1-4H3/t11-/m1/s1. The Kier molecular flexibility index (Phi) is 5.59. The topological polar surface area (TPSA) is 68.0 Å². The Morgan fingerprint density at radius 1 is 1.32 bits per heavy atom. The van der Waals surface area contributed by atoms with Gasteiger partial charge >= 0.3 is 12.7 Å². The Morgan fingerprint density at radius 2 is 2.00 bits per heavy atom. The van der Waals surface area contributed by atoms with Crippen molar-refractivity contribution in [3.63, 3.8) is 0 Å². The molecule has 1 aromatic carbocycles. The molecule has 1 saturated heterocycles. The lowest BCUT2D eigenvalue weighted by molar-refractivity contribution is -0.0495. The minimum absolute atomic E-state index is 0.0351. The number of amides is 1. The summed E-state index contributed by atoms with van der Waals surface area (Å²) in [5, 5.41) is 0. The molecule has 2 rings (SSSR count). The van der Waals surface area contributed by atoms with Crippen LogP contribution in [-0.2, 0) is 4.74 Å². The molecule has 8 heteroatoms. The lowest BCUT2D eigenvalue weighted by Crippen LogP contribution is -2.55. The first-order valence-electron chi connectivity index (χ1n) is 8.16. The number of hydrogen-bond donors (Lipinski definition) is 1. The summed E-state index contributed by atoms with van der Waals surface area (Å²) in [6.45, 7) is 5.78. The van der Waals surface area contributed by atoms with Crippen molar-refractivity contribution in [3.05, 3.63) is 18.2 Å². The van der Waals surface area contributed by atoms with E-state index in [0.29, 0.717) is 31.0 Å². The van der Waals surface area contributed by atoms with Crippen LogP contribution in [0, 0.1) is 0 Å². The van der Waals surface area contributed by atoms with Gasteiger partial charge in [0.2, 0.25) is 0 Å². The Hall–Kier alpha value is -2.25. The number of rotatable bonds is 3. The van der Waals surface area contributed by atoms with E-state index in [4.69, 9.17) is 10.5 Å². The maximum atomic E-state index is 12.7. The number of nitrogens with zero attached hydrogens (tertiary/aromatic N) is 2. The molecule has 1 aromatic rings. The second-order valence-corrected chi connectivity index (χ2v) is 7.07. The van der Waals surface area contributed by atoms with E-state index in [9.17, 15) is 13.6 Å². The van der Waals surface area contributed by atoms with Gasteiger partial charge in [0.1, 0.15) is 5.60 Å². The first kappa shape index (κ1) is 19.1. The summed E-state index contributed by atoms with van der Waals surface area (Å²) in [5.74, 6) is 0.0351. The van der Waals surface area contributed by atoms with Crippen molar-refractivity contribution in [1.29, 1.82) is 0 Å². The van der Waals surface area contributed by atoms with E-state index >= 15 is 0 Å². The van der Waals surface area contributed by atoms with E-state index in [0.717, 1.165) is 0 Å². The minimum atomic E-state index is -2.93. The van der Waals surface area contributed by atoms with E-state index in [-0.39, 0.29) is 17.9 Å². The Bertz CT molecular complexity index is 620. The molecule has 0 unspecified atom stereocenters. The van der Waals surface area contributed by atoms with Crippen molar-refractivity contribution in [1.82, 2.24) is 4.90 Å². The van der Waals surface area contributed by atoms with Gasteiger partial charge in [-0.15, -0.1) is 0 Å². The fourth-order valence-electron chi connectivity index (χ4n) is 2.75. The summed E-state index contributed by atoms with van der Waals surface area (Å²) in [6.07, 6.45) is -0.374. The molecular formula is C17H25F2N3O3. The molecule has 1 amide bonds. The van der Waals surface area contributed by atoms with Gasteiger partial charge in [0.15, 0.2) is 5.75 Å². The van der Waals surface area contributed by atoms with Crippen LogP contribution >= 0.6 is 0 Å². The number of anilines is 2. The SMILES string of the molecule is C[C@@H]1CN(c2ccc(N)cc2OC(F)F)CCN1C(=O)OC(C)(C)C. The molecule has 0 aliphatic carbocycles. The predicted octanol–water partition coefficient (Wildman–Crippen LogP) is 3.32. The maximum Gasteiger partial charge on any atom is 0.410 e. The average Bonchev–Trinajstić information content (AvgIpc) is 2.44. The average molecular weight is 357 g/mol. The summed E-state index contributed by atoms with van der Waals surface area (Å²) in [6, 6.07) is 4.54. The number of nitrogen functional groups attached to an aromatic ring is 1. The van der Waals surface area contributed by atoms with Crippen molar-refractivity contribution in [2.45, 2.75) is 45.9 Å². The van der Waals surface area contributed by atoms with Gasteiger partial charge in [0.25, 0.3) is 0 Å². The summed E-state index contributed by atoms with van der Waals surface area (Å²) < 4.78 is 35.3. The monoisotopic (exact) mass is 357 g/mol. The molecular weight excluding hydrogens is 332 g/mol. The Morgan fingerprint density at radius 3 is 2.56 bits per heavy atom. The highest BCUT2D eigenvalue weighted by atomic mass is 19.3. The zero-order valence-corrected chi connectivity index (χ0v) is 15.0. The molecule has 1 atom stereocenters. The number of nitrogens with two attached hydrogens (primary N) is 1. The van der Waals surface area contributed by atoms with Crippen LogP contribution in [0.25, 0.3) is 0 Å². The Balaban J connectivity index is 2.12. The highest BCUT2D eigenvalue weighted by Crippen LogP contribution is 2.33. The quantitative estimate of drug-likeness (QED) is 0.841. The fourth-order valence-corrected chi connectivity index (χ4v) is 2.75. The Labute approximate surface area is 146 Å². The van der Waals surface area contributed by atoms with Gasteiger partial charge < -0.3 is 25.0 Å². The van der Waals surface area contributed by atoms with Crippen molar-refractivity contribution in [2.75, 3.05) is 30.3 Å². The molecule has 0 spiro atoms. The number of piperazine rings is 1. The largest absolute Gasteiger partial charge is 0.444 e. The minimum Gasteiger partial charge on any atom is -0.444 e. The summed E-state index contributed by atoms with van der Waals surface area (Å²) >= 11 is 0. The predicted molar refractivity (Wildman–Crippen MR) is 92.1 cm³/mol. The molecule has 0 aromatic heterocycles. The third-order valence-corrected chi connectivity index (χ3v) is 3.80. The molecule has 6 nitrogen and oxygen atoms in total. The molecule has 0 radical (unpaired) electrons. The van der Waals surface area contributed by atoms with Gasteiger partial charge in [-0.3, -0.25) is 0 Å². The third-order valence-electron chi connectivity index (χ3n) is 3.80. The highest BCUT2D eigenvalue weighted by Gasteiger charge is 2.32. The first-order valence-corrected chi connectivity index (χ1v) is 8.16. The normalized spacial score (nSPS) is 18.4. The van der Waals surface area contributed by atoms with Gasteiger partial charge in [-0.1, -0.05) is 0 Å². The lowest BCUT2D eigenvalue weighted by atomic mass is 10.1. The summed E-state index contributed by atoms with van der Waals surface area (Å²) in [7, 11) is 0. The highest BCUT2D eigenvalue weighted by molar-refractivity contribution is 5.70. The van der Waals surface area contributed by atoms with Crippen LogP contribution in [0.2, 0.25) is 0 Å². The number of halogens is 2. The van der Waals surface area contributed by atoms with Gasteiger partial charge in [-0.2, -0.15) is 8.78 Å². The number of carbonyl (C=O) groups excluding carboxylic acids is 1. The number of hydrogen-bond acceptors (Lipinski definition) is 5. The van der Waals surface area contributed by atoms with E-state index in [1.54, 1.807) is 17.0 Å². The van der Waals surface area contributed by atoms with Crippen molar-refractivity contribution in [2.24, 2.45) is 0 Å². The molecule has 140 valence electrons. The molecule has 1 fully saturated rings. The molecule has 0 saturated carbocycles. The molecule has 25 heavy (non-hydrogen) atoms. The van der Waals surface area contributed by atoms with Crippen LogP contribution in [0.5, 0.6) is 5.75 Å². The van der Waals surface area contributed by atoms with Crippen molar-refractivity contribution >= 4 is 17.5 Å². The van der Waals surface area contributed by atoms with E-state index in [1.165, 1.54) is 6.07 Å². The second-order valence-electron chi connectivity index (χ2n) is 7.07. The van der Waals surface area contributed by atoms with Crippen LogP contribution in [0.3, 0.4) is 0 Å². The van der Waals surface area contributed by atoms with Crippen molar-refractivity contribution < 1.29 is 23.0 Å². The first-order chi connectivity index (χ1) is 11.6. The smallest absolute Gasteiger partial charge is 0.410 e. The van der Waals surface area contributed by atoms with E-state index in [2.05, 4.69) is 4.74 Å². The number of ether oxygens (including phenoxy) is 2.